The quantitative estimate of drug-likeness (QED) is 0.923. The summed E-state index contributed by atoms with van der Waals surface area (Å²) in [5.74, 6) is -0.823. The second kappa shape index (κ2) is 5.54. The molecule has 0 aliphatic carbocycles. The van der Waals surface area contributed by atoms with E-state index in [1.54, 1.807) is 0 Å². The van der Waals surface area contributed by atoms with E-state index >= 15 is 0 Å². The zero-order chi connectivity index (χ0) is 14.9. The Kier molecular flexibility index (Phi) is 4.16. The van der Waals surface area contributed by atoms with Gasteiger partial charge in [0.05, 0.1) is 23.0 Å². The lowest BCUT2D eigenvalue weighted by Gasteiger charge is -2.08. The number of nitriles is 1. The minimum Gasteiger partial charge on any atom is -0.316 e. The first-order valence-electron chi connectivity index (χ1n) is 6.41. The van der Waals surface area contributed by atoms with Gasteiger partial charge in [0, 0.05) is 4.88 Å². The topological polar surface area (TPSA) is 87.0 Å². The molecule has 7 heteroatoms. The van der Waals surface area contributed by atoms with E-state index in [4.69, 9.17) is 0 Å². The summed E-state index contributed by atoms with van der Waals surface area (Å²) >= 11 is 1.37. The van der Waals surface area contributed by atoms with Gasteiger partial charge in [0.2, 0.25) is 5.91 Å². The Morgan fingerprint density at radius 3 is 2.75 bits per heavy atom. The van der Waals surface area contributed by atoms with E-state index in [2.05, 4.69) is 11.4 Å². The first-order chi connectivity index (χ1) is 9.38. The Bertz CT molecular complexity index is 683. The predicted octanol–water partition coefficient (Wildman–Crippen LogP) is 1.86. The van der Waals surface area contributed by atoms with Crippen molar-refractivity contribution < 1.29 is 13.2 Å². The van der Waals surface area contributed by atoms with E-state index in [-0.39, 0.29) is 17.4 Å². The van der Waals surface area contributed by atoms with Crippen LogP contribution < -0.4 is 5.32 Å². The summed E-state index contributed by atoms with van der Waals surface area (Å²) in [6, 6.07) is 2.13. The molecule has 0 spiro atoms. The molecule has 0 bridgehead atoms. The summed E-state index contributed by atoms with van der Waals surface area (Å²) in [6.07, 6.45) is 1.10. The molecule has 1 unspecified atom stereocenters. The highest BCUT2D eigenvalue weighted by atomic mass is 32.2. The SMILES string of the molecule is CCc1c(C)sc(NC(=O)C2CCS(=O)(=O)C2)c1C#N. The van der Waals surface area contributed by atoms with Gasteiger partial charge >= 0.3 is 0 Å². The first-order valence-corrected chi connectivity index (χ1v) is 9.05. The van der Waals surface area contributed by atoms with Gasteiger partial charge in [0.1, 0.15) is 11.1 Å². The molecule has 1 atom stereocenters. The molecular weight excluding hydrogens is 296 g/mol. The van der Waals surface area contributed by atoms with Gasteiger partial charge in [0.15, 0.2) is 9.84 Å². The maximum Gasteiger partial charge on any atom is 0.229 e. The number of nitrogens with one attached hydrogen (secondary N) is 1. The standard InChI is InChI=1S/C13H16N2O3S2/c1-3-10-8(2)19-13(11(10)6-14)15-12(16)9-4-5-20(17,18)7-9/h9H,3-5,7H2,1-2H3,(H,15,16). The number of thiophene rings is 1. The van der Waals surface area contributed by atoms with Crippen molar-refractivity contribution >= 4 is 32.1 Å². The fourth-order valence-corrected chi connectivity index (χ4v) is 5.27. The van der Waals surface area contributed by atoms with E-state index < -0.39 is 15.8 Å². The third kappa shape index (κ3) is 2.86. The third-order valence-corrected chi connectivity index (χ3v) is 6.35. The van der Waals surface area contributed by atoms with Crippen LogP contribution in [0.5, 0.6) is 0 Å². The second-order valence-electron chi connectivity index (χ2n) is 4.90. The van der Waals surface area contributed by atoms with E-state index in [9.17, 15) is 18.5 Å². The number of carbonyl (C=O) groups is 1. The molecule has 1 saturated heterocycles. The number of hydrogen-bond donors (Lipinski definition) is 1. The zero-order valence-electron chi connectivity index (χ0n) is 11.4. The Morgan fingerprint density at radius 2 is 2.25 bits per heavy atom. The normalized spacial score (nSPS) is 20.6. The monoisotopic (exact) mass is 312 g/mol. The molecule has 108 valence electrons. The fourth-order valence-electron chi connectivity index (χ4n) is 2.43. The number of amides is 1. The highest BCUT2D eigenvalue weighted by Crippen LogP contribution is 2.33. The summed E-state index contributed by atoms with van der Waals surface area (Å²) in [7, 11) is -3.08. The molecule has 1 aromatic rings. The molecule has 1 aromatic heterocycles. The van der Waals surface area contributed by atoms with E-state index in [0.717, 1.165) is 16.9 Å². The molecule has 0 aromatic carbocycles. The van der Waals surface area contributed by atoms with Crippen LogP contribution in [0.15, 0.2) is 0 Å². The Morgan fingerprint density at radius 1 is 1.55 bits per heavy atom. The molecule has 1 aliphatic rings. The molecule has 2 heterocycles. The summed E-state index contributed by atoms with van der Waals surface area (Å²) in [6.45, 7) is 3.88. The number of aryl methyl sites for hydroxylation is 1. The number of rotatable bonds is 3. The van der Waals surface area contributed by atoms with Crippen LogP contribution in [0.25, 0.3) is 0 Å². The maximum atomic E-state index is 12.1. The van der Waals surface area contributed by atoms with Crippen molar-refractivity contribution in [1.82, 2.24) is 0 Å². The largest absolute Gasteiger partial charge is 0.316 e. The number of anilines is 1. The van der Waals surface area contributed by atoms with Crippen molar-refractivity contribution in [2.45, 2.75) is 26.7 Å². The Hall–Kier alpha value is -1.39. The van der Waals surface area contributed by atoms with Gasteiger partial charge in [-0.1, -0.05) is 6.92 Å². The fraction of sp³-hybridized carbons (Fsp3) is 0.538. The van der Waals surface area contributed by atoms with Crippen molar-refractivity contribution in [2.24, 2.45) is 5.92 Å². The van der Waals surface area contributed by atoms with Crippen LogP contribution in [0.1, 0.15) is 29.3 Å². The zero-order valence-corrected chi connectivity index (χ0v) is 13.0. The maximum absolute atomic E-state index is 12.1. The van der Waals surface area contributed by atoms with Gasteiger partial charge in [-0.3, -0.25) is 4.79 Å². The van der Waals surface area contributed by atoms with Crippen molar-refractivity contribution in [1.29, 1.82) is 5.26 Å². The number of carbonyl (C=O) groups excluding carboxylic acids is 1. The molecule has 2 rings (SSSR count). The minimum absolute atomic E-state index is 0.0693. The first kappa shape index (κ1) is 15.0. The number of nitrogens with zero attached hydrogens (tertiary/aromatic N) is 1. The van der Waals surface area contributed by atoms with Crippen molar-refractivity contribution in [3.05, 3.63) is 16.0 Å². The van der Waals surface area contributed by atoms with Crippen molar-refractivity contribution in [2.75, 3.05) is 16.8 Å². The van der Waals surface area contributed by atoms with E-state index in [1.165, 1.54) is 11.3 Å². The summed E-state index contributed by atoms with van der Waals surface area (Å²) in [4.78, 5) is 13.1. The van der Waals surface area contributed by atoms with E-state index in [0.29, 0.717) is 17.0 Å². The van der Waals surface area contributed by atoms with Gasteiger partial charge in [-0.25, -0.2) is 8.42 Å². The van der Waals surface area contributed by atoms with Crippen LogP contribution in [0.3, 0.4) is 0 Å². The van der Waals surface area contributed by atoms with E-state index in [1.807, 2.05) is 13.8 Å². The summed E-state index contributed by atoms with van der Waals surface area (Å²) in [5, 5.41) is 12.5. The second-order valence-corrected chi connectivity index (χ2v) is 8.35. The van der Waals surface area contributed by atoms with Crippen molar-refractivity contribution in [3.8, 4) is 6.07 Å². The molecule has 0 saturated carbocycles. The van der Waals surface area contributed by atoms with Gasteiger partial charge < -0.3 is 5.32 Å². The lowest BCUT2D eigenvalue weighted by molar-refractivity contribution is -0.119. The average Bonchev–Trinajstić information content (AvgIpc) is 2.88. The number of sulfone groups is 1. The molecule has 1 N–H and O–H groups in total. The molecule has 1 amide bonds. The third-order valence-electron chi connectivity index (χ3n) is 3.51. The predicted molar refractivity (Wildman–Crippen MR) is 78.5 cm³/mol. The molecule has 20 heavy (non-hydrogen) atoms. The average molecular weight is 312 g/mol. The Balaban J connectivity index is 2.19. The van der Waals surface area contributed by atoms with Crippen LogP contribution in [0, 0.1) is 24.2 Å². The van der Waals surface area contributed by atoms with Crippen LogP contribution in [0.4, 0.5) is 5.00 Å². The van der Waals surface area contributed by atoms with Crippen LogP contribution >= 0.6 is 11.3 Å². The lowest BCUT2D eigenvalue weighted by atomic mass is 10.1. The Labute approximate surface area is 122 Å². The highest BCUT2D eigenvalue weighted by Gasteiger charge is 2.33. The van der Waals surface area contributed by atoms with Crippen LogP contribution in [-0.4, -0.2) is 25.8 Å². The van der Waals surface area contributed by atoms with Gasteiger partial charge in [-0.15, -0.1) is 11.3 Å². The minimum atomic E-state index is -3.08. The van der Waals surface area contributed by atoms with Gasteiger partial charge in [-0.05, 0) is 25.3 Å². The molecule has 5 nitrogen and oxygen atoms in total. The lowest BCUT2D eigenvalue weighted by Crippen LogP contribution is -2.23. The van der Waals surface area contributed by atoms with Gasteiger partial charge in [0.25, 0.3) is 0 Å². The highest BCUT2D eigenvalue weighted by molar-refractivity contribution is 7.91. The smallest absolute Gasteiger partial charge is 0.229 e. The number of hydrogen-bond acceptors (Lipinski definition) is 5. The molecule has 0 radical (unpaired) electrons. The van der Waals surface area contributed by atoms with Crippen LogP contribution in [0.2, 0.25) is 0 Å². The van der Waals surface area contributed by atoms with Crippen LogP contribution in [-0.2, 0) is 21.1 Å². The van der Waals surface area contributed by atoms with Crippen molar-refractivity contribution in [3.63, 3.8) is 0 Å². The summed E-state index contributed by atoms with van der Waals surface area (Å²) in [5.41, 5.74) is 1.45. The molecular formula is C13H16N2O3S2. The molecule has 1 fully saturated rings. The van der Waals surface area contributed by atoms with Gasteiger partial charge in [-0.2, -0.15) is 5.26 Å². The summed E-state index contributed by atoms with van der Waals surface area (Å²) < 4.78 is 22.8. The molecule has 1 aliphatic heterocycles.